The van der Waals surface area contributed by atoms with Gasteiger partial charge in [0.1, 0.15) is 0 Å². The summed E-state index contributed by atoms with van der Waals surface area (Å²) in [4.78, 5) is 0. The van der Waals surface area contributed by atoms with Crippen LogP contribution in [-0.4, -0.2) is 5.88 Å². The van der Waals surface area contributed by atoms with E-state index >= 15 is 0 Å². The zero-order valence-corrected chi connectivity index (χ0v) is 9.57. The van der Waals surface area contributed by atoms with Gasteiger partial charge in [-0.25, -0.2) is 0 Å². The molecule has 0 unspecified atom stereocenters. The number of hydrogen-bond donors (Lipinski definition) is 0. The van der Waals surface area contributed by atoms with E-state index in [0.29, 0.717) is 17.9 Å². The summed E-state index contributed by atoms with van der Waals surface area (Å²) in [5, 5.41) is 0. The molecule has 0 saturated heterocycles. The Labute approximate surface area is 97.7 Å². The van der Waals surface area contributed by atoms with Crippen LogP contribution in [0.2, 0.25) is 0 Å². The highest BCUT2D eigenvalue weighted by Gasteiger charge is 2.33. The van der Waals surface area contributed by atoms with Crippen molar-refractivity contribution in [1.82, 2.24) is 0 Å². The maximum Gasteiger partial charge on any atom is 0.416 e. The van der Waals surface area contributed by atoms with Crippen LogP contribution in [0, 0.1) is 0 Å². The Morgan fingerprint density at radius 2 is 1.94 bits per heavy atom. The lowest BCUT2D eigenvalue weighted by molar-refractivity contribution is -0.137. The quantitative estimate of drug-likeness (QED) is 0.678. The fourth-order valence-corrected chi connectivity index (χ4v) is 1.56. The molecule has 0 atom stereocenters. The van der Waals surface area contributed by atoms with Gasteiger partial charge >= 0.3 is 6.18 Å². The molecule has 1 aromatic rings. The molecule has 0 aromatic heterocycles. The van der Waals surface area contributed by atoms with Gasteiger partial charge in [-0.3, -0.25) is 0 Å². The maximum absolute atomic E-state index is 12.7. The van der Waals surface area contributed by atoms with E-state index in [1.54, 1.807) is 19.1 Å². The molecular weight excluding hydrogens is 237 g/mol. The van der Waals surface area contributed by atoms with Gasteiger partial charge in [-0.1, -0.05) is 24.3 Å². The van der Waals surface area contributed by atoms with E-state index < -0.39 is 11.7 Å². The van der Waals surface area contributed by atoms with Crippen molar-refractivity contribution >= 4 is 17.2 Å². The summed E-state index contributed by atoms with van der Waals surface area (Å²) < 4.78 is 38.0. The highest BCUT2D eigenvalue weighted by molar-refractivity contribution is 6.17. The van der Waals surface area contributed by atoms with Crippen LogP contribution in [0.5, 0.6) is 0 Å². The van der Waals surface area contributed by atoms with E-state index in [1.807, 2.05) is 0 Å². The molecule has 16 heavy (non-hydrogen) atoms. The van der Waals surface area contributed by atoms with E-state index in [4.69, 9.17) is 11.6 Å². The molecule has 0 heterocycles. The summed E-state index contributed by atoms with van der Waals surface area (Å²) in [6.45, 7) is 1.66. The number of alkyl halides is 4. The second-order valence-corrected chi connectivity index (χ2v) is 3.79. The molecule has 88 valence electrons. The van der Waals surface area contributed by atoms with Gasteiger partial charge in [0, 0.05) is 5.88 Å². The minimum absolute atomic E-state index is 0.222. The van der Waals surface area contributed by atoms with Gasteiger partial charge in [0.15, 0.2) is 0 Å². The second-order valence-electron chi connectivity index (χ2n) is 3.41. The van der Waals surface area contributed by atoms with Crippen molar-refractivity contribution in [3.8, 4) is 0 Å². The minimum Gasteiger partial charge on any atom is -0.166 e. The van der Waals surface area contributed by atoms with Crippen LogP contribution in [0.3, 0.4) is 0 Å². The lowest BCUT2D eigenvalue weighted by Gasteiger charge is -2.12. The Balaban J connectivity index is 3.14. The molecule has 0 nitrogen and oxygen atoms in total. The number of hydrogen-bond acceptors (Lipinski definition) is 0. The Morgan fingerprint density at radius 3 is 2.50 bits per heavy atom. The first-order valence-corrected chi connectivity index (χ1v) is 5.39. The van der Waals surface area contributed by atoms with Crippen LogP contribution < -0.4 is 0 Å². The van der Waals surface area contributed by atoms with Crippen molar-refractivity contribution in [1.29, 1.82) is 0 Å². The average molecular weight is 249 g/mol. The Hall–Kier alpha value is -0.960. The van der Waals surface area contributed by atoms with Gasteiger partial charge in [-0.15, -0.1) is 11.6 Å². The van der Waals surface area contributed by atoms with E-state index in [2.05, 4.69) is 0 Å². The Bertz CT molecular complexity index is 380. The van der Waals surface area contributed by atoms with Crippen LogP contribution in [0.25, 0.3) is 5.57 Å². The highest BCUT2D eigenvalue weighted by atomic mass is 35.5. The number of allylic oxidation sites excluding steroid dienone is 2. The van der Waals surface area contributed by atoms with Crippen LogP contribution in [0.1, 0.15) is 24.5 Å². The molecule has 0 saturated carbocycles. The molecule has 0 amide bonds. The molecule has 1 rings (SSSR count). The van der Waals surface area contributed by atoms with Gasteiger partial charge in [-0.05, 0) is 30.5 Å². The smallest absolute Gasteiger partial charge is 0.166 e. The van der Waals surface area contributed by atoms with Gasteiger partial charge in [-0.2, -0.15) is 13.2 Å². The summed E-state index contributed by atoms with van der Waals surface area (Å²) in [6.07, 6.45) is -2.02. The Morgan fingerprint density at radius 1 is 1.31 bits per heavy atom. The molecule has 0 spiro atoms. The second kappa shape index (κ2) is 5.39. The average Bonchev–Trinajstić information content (AvgIpc) is 2.24. The van der Waals surface area contributed by atoms with Crippen LogP contribution >= 0.6 is 11.6 Å². The molecule has 0 aliphatic heterocycles. The summed E-state index contributed by atoms with van der Waals surface area (Å²) >= 11 is 5.50. The lowest BCUT2D eigenvalue weighted by atomic mass is 10.00. The van der Waals surface area contributed by atoms with E-state index in [1.165, 1.54) is 12.1 Å². The van der Waals surface area contributed by atoms with E-state index in [-0.39, 0.29) is 5.56 Å². The first kappa shape index (κ1) is 13.1. The van der Waals surface area contributed by atoms with Crippen molar-refractivity contribution in [2.45, 2.75) is 19.5 Å². The van der Waals surface area contributed by atoms with Crippen molar-refractivity contribution < 1.29 is 13.2 Å². The molecule has 0 fully saturated rings. The van der Waals surface area contributed by atoms with Gasteiger partial charge < -0.3 is 0 Å². The Kier molecular flexibility index (Phi) is 4.42. The first-order chi connectivity index (χ1) is 7.46. The fourth-order valence-electron chi connectivity index (χ4n) is 1.46. The normalized spacial score (nSPS) is 12.9. The zero-order valence-electron chi connectivity index (χ0n) is 8.81. The molecule has 0 aliphatic rings. The molecular formula is C12H12ClF3. The fraction of sp³-hybridized carbons (Fsp3) is 0.333. The van der Waals surface area contributed by atoms with E-state index in [9.17, 15) is 13.2 Å². The summed E-state index contributed by atoms with van der Waals surface area (Å²) in [7, 11) is 0. The molecule has 0 radical (unpaired) electrons. The topological polar surface area (TPSA) is 0 Å². The molecule has 1 aromatic carbocycles. The lowest BCUT2D eigenvalue weighted by Crippen LogP contribution is -2.08. The molecule has 4 heteroatoms. The molecule has 0 aliphatic carbocycles. The van der Waals surface area contributed by atoms with Crippen LogP contribution in [0.15, 0.2) is 30.3 Å². The highest BCUT2D eigenvalue weighted by Crippen LogP contribution is 2.34. The number of benzene rings is 1. The van der Waals surface area contributed by atoms with Crippen molar-refractivity contribution in [3.05, 3.63) is 41.5 Å². The summed E-state index contributed by atoms with van der Waals surface area (Å²) in [6, 6.07) is 5.56. The SMILES string of the molecule is CC(=CCCCl)c1ccccc1C(F)(F)F. The third-order valence-electron chi connectivity index (χ3n) is 2.22. The van der Waals surface area contributed by atoms with Gasteiger partial charge in [0.25, 0.3) is 0 Å². The maximum atomic E-state index is 12.7. The predicted octanol–water partition coefficient (Wildman–Crippen LogP) is 4.74. The summed E-state index contributed by atoms with van der Waals surface area (Å²) in [5.74, 6) is 0.408. The van der Waals surface area contributed by atoms with Gasteiger partial charge in [0.2, 0.25) is 0 Å². The predicted molar refractivity (Wildman–Crippen MR) is 60.4 cm³/mol. The largest absolute Gasteiger partial charge is 0.416 e. The summed E-state index contributed by atoms with van der Waals surface area (Å²) in [5.41, 5.74) is 0.229. The first-order valence-electron chi connectivity index (χ1n) is 4.86. The van der Waals surface area contributed by atoms with Crippen LogP contribution in [-0.2, 0) is 6.18 Å². The minimum atomic E-state index is -4.31. The third-order valence-corrected chi connectivity index (χ3v) is 2.44. The standard InChI is InChI=1S/C12H12ClF3/c1-9(5-4-8-13)10-6-2-3-7-11(10)12(14,15)16/h2-3,5-7H,4,8H2,1H3. The van der Waals surface area contributed by atoms with Crippen LogP contribution in [0.4, 0.5) is 13.2 Å². The molecule has 0 N–H and O–H groups in total. The van der Waals surface area contributed by atoms with Crippen molar-refractivity contribution in [2.24, 2.45) is 0 Å². The number of halogens is 4. The zero-order chi connectivity index (χ0) is 12.2. The van der Waals surface area contributed by atoms with Gasteiger partial charge in [0.05, 0.1) is 5.56 Å². The van der Waals surface area contributed by atoms with E-state index in [0.717, 1.165) is 6.07 Å². The molecule has 0 bridgehead atoms. The monoisotopic (exact) mass is 248 g/mol. The van der Waals surface area contributed by atoms with Crippen molar-refractivity contribution in [2.75, 3.05) is 5.88 Å². The van der Waals surface area contributed by atoms with Crippen molar-refractivity contribution in [3.63, 3.8) is 0 Å². The third kappa shape index (κ3) is 3.27. The number of rotatable bonds is 3.